The number of hydrogen-bond donors (Lipinski definition) is 1. The van der Waals surface area contributed by atoms with Crippen LogP contribution in [0.2, 0.25) is 0 Å². The lowest BCUT2D eigenvalue weighted by Crippen LogP contribution is -2.13. The van der Waals surface area contributed by atoms with E-state index < -0.39 is 0 Å². The summed E-state index contributed by atoms with van der Waals surface area (Å²) >= 11 is 0. The van der Waals surface area contributed by atoms with Crippen molar-refractivity contribution in [2.45, 2.75) is 6.61 Å². The lowest BCUT2D eigenvalue weighted by Gasteiger charge is -2.08. The van der Waals surface area contributed by atoms with E-state index in [0.717, 1.165) is 22.3 Å². The summed E-state index contributed by atoms with van der Waals surface area (Å²) in [4.78, 5) is 17.9. The van der Waals surface area contributed by atoms with E-state index in [4.69, 9.17) is 4.74 Å². The summed E-state index contributed by atoms with van der Waals surface area (Å²) in [5.41, 5.74) is 5.46. The Balaban J connectivity index is 1.30. The van der Waals surface area contributed by atoms with Gasteiger partial charge in [0, 0.05) is 17.6 Å². The number of hydrogen-bond acceptors (Lipinski definition) is 4. The molecule has 0 spiro atoms. The van der Waals surface area contributed by atoms with Crippen molar-refractivity contribution >= 4 is 28.1 Å². The number of fused-ring (bicyclic) bond motifs is 2. The second kappa shape index (κ2) is 8.79. The van der Waals surface area contributed by atoms with Gasteiger partial charge >= 0.3 is 0 Å². The lowest BCUT2D eigenvalue weighted by atomic mass is 10.2. The Morgan fingerprint density at radius 3 is 2.46 bits per heavy atom. The van der Waals surface area contributed by atoms with Crippen molar-refractivity contribution in [2.24, 2.45) is 0 Å². The molecule has 0 saturated heterocycles. The number of nitrogens with zero attached hydrogens (tertiary/aromatic N) is 4. The SMILES string of the molecule is O=C(Nc1ccc2c(c1)ncn2-c1ccccc1)c1c(OCc2ccccc2)nn2ccccc12. The monoisotopic (exact) mass is 459 g/mol. The number of aromatic nitrogens is 4. The Morgan fingerprint density at radius 2 is 1.63 bits per heavy atom. The van der Waals surface area contributed by atoms with Gasteiger partial charge in [-0.1, -0.05) is 54.6 Å². The largest absolute Gasteiger partial charge is 0.471 e. The molecule has 3 aromatic heterocycles. The van der Waals surface area contributed by atoms with Crippen molar-refractivity contribution in [1.82, 2.24) is 19.2 Å². The number of anilines is 1. The van der Waals surface area contributed by atoms with Gasteiger partial charge in [-0.05, 0) is 48.0 Å². The van der Waals surface area contributed by atoms with Crippen LogP contribution in [-0.2, 0) is 6.61 Å². The number of amides is 1. The number of para-hydroxylation sites is 1. The number of carbonyl (C=O) groups excluding carboxylic acids is 1. The van der Waals surface area contributed by atoms with Crippen LogP contribution in [0, 0.1) is 0 Å². The molecule has 7 nitrogen and oxygen atoms in total. The molecule has 1 amide bonds. The summed E-state index contributed by atoms with van der Waals surface area (Å²) in [6.07, 6.45) is 3.58. The van der Waals surface area contributed by atoms with Crippen LogP contribution < -0.4 is 10.1 Å². The summed E-state index contributed by atoms with van der Waals surface area (Å²) in [6.45, 7) is 0.313. The average Bonchev–Trinajstić information content (AvgIpc) is 3.49. The number of pyridine rings is 1. The number of ether oxygens (including phenoxy) is 1. The molecule has 0 aliphatic carbocycles. The highest BCUT2D eigenvalue weighted by atomic mass is 16.5. The first-order valence-corrected chi connectivity index (χ1v) is 11.2. The molecule has 7 heteroatoms. The number of nitrogens with one attached hydrogen (secondary N) is 1. The topological polar surface area (TPSA) is 73.5 Å². The fourth-order valence-corrected chi connectivity index (χ4v) is 4.10. The van der Waals surface area contributed by atoms with E-state index >= 15 is 0 Å². The molecule has 0 bridgehead atoms. The molecule has 3 aromatic carbocycles. The van der Waals surface area contributed by atoms with Crippen LogP contribution in [0.1, 0.15) is 15.9 Å². The van der Waals surface area contributed by atoms with Crippen LogP contribution in [-0.4, -0.2) is 25.1 Å². The Bertz CT molecular complexity index is 1640. The highest BCUT2D eigenvalue weighted by Crippen LogP contribution is 2.26. The van der Waals surface area contributed by atoms with Crippen molar-refractivity contribution in [3.8, 4) is 11.6 Å². The predicted molar refractivity (Wildman–Crippen MR) is 135 cm³/mol. The smallest absolute Gasteiger partial charge is 0.263 e. The fraction of sp³-hybridized carbons (Fsp3) is 0.0357. The summed E-state index contributed by atoms with van der Waals surface area (Å²) < 4.78 is 9.65. The minimum atomic E-state index is -0.295. The molecule has 170 valence electrons. The molecule has 0 saturated carbocycles. The highest BCUT2D eigenvalue weighted by Gasteiger charge is 2.22. The van der Waals surface area contributed by atoms with E-state index in [2.05, 4.69) is 15.4 Å². The highest BCUT2D eigenvalue weighted by molar-refractivity contribution is 6.11. The number of carbonyl (C=O) groups is 1. The van der Waals surface area contributed by atoms with E-state index in [-0.39, 0.29) is 11.8 Å². The molecular weight excluding hydrogens is 438 g/mol. The molecule has 0 fully saturated rings. The van der Waals surface area contributed by atoms with Crippen LogP contribution in [0.15, 0.2) is 110 Å². The van der Waals surface area contributed by atoms with Gasteiger partial charge in [-0.15, -0.1) is 5.10 Å². The summed E-state index contributed by atoms with van der Waals surface area (Å²) in [5, 5.41) is 7.49. The number of benzene rings is 3. The van der Waals surface area contributed by atoms with Gasteiger partial charge in [0.2, 0.25) is 5.88 Å². The van der Waals surface area contributed by atoms with Crippen molar-refractivity contribution in [1.29, 1.82) is 0 Å². The standard InChI is InChI=1S/C28H21N5O2/c34-27(30-21-14-15-24-23(17-21)29-19-32(24)22-11-5-2-6-12-22)26-25-13-7-8-16-33(25)31-28(26)35-18-20-9-3-1-4-10-20/h1-17,19H,18H2,(H,30,34). The fourth-order valence-electron chi connectivity index (χ4n) is 4.10. The van der Waals surface area contributed by atoms with Crippen molar-refractivity contribution < 1.29 is 9.53 Å². The van der Waals surface area contributed by atoms with E-state index in [9.17, 15) is 4.79 Å². The third-order valence-corrected chi connectivity index (χ3v) is 5.79. The molecule has 6 rings (SSSR count). The molecule has 0 radical (unpaired) electrons. The first kappa shape index (κ1) is 20.7. The zero-order valence-electron chi connectivity index (χ0n) is 18.7. The molecular formula is C28H21N5O2. The minimum Gasteiger partial charge on any atom is -0.471 e. The average molecular weight is 460 g/mol. The van der Waals surface area contributed by atoms with Crippen LogP contribution in [0.25, 0.3) is 22.2 Å². The maximum absolute atomic E-state index is 13.4. The van der Waals surface area contributed by atoms with Gasteiger partial charge in [-0.3, -0.25) is 9.36 Å². The summed E-state index contributed by atoms with van der Waals surface area (Å²) in [5.74, 6) is -0.0110. The van der Waals surface area contributed by atoms with Crippen LogP contribution in [0.4, 0.5) is 5.69 Å². The van der Waals surface area contributed by atoms with Gasteiger partial charge in [0.25, 0.3) is 5.91 Å². The molecule has 0 unspecified atom stereocenters. The third kappa shape index (κ3) is 4.00. The molecule has 1 N–H and O–H groups in total. The molecule has 0 atom stereocenters. The van der Waals surface area contributed by atoms with Gasteiger partial charge < -0.3 is 10.1 Å². The second-order valence-corrected chi connectivity index (χ2v) is 8.09. The molecule has 35 heavy (non-hydrogen) atoms. The Morgan fingerprint density at radius 1 is 0.857 bits per heavy atom. The first-order valence-electron chi connectivity index (χ1n) is 11.2. The summed E-state index contributed by atoms with van der Waals surface area (Å²) in [6, 6.07) is 31.1. The van der Waals surface area contributed by atoms with Gasteiger partial charge in [0.15, 0.2) is 0 Å². The number of imidazole rings is 1. The minimum absolute atomic E-state index is 0.284. The normalized spacial score (nSPS) is 11.1. The first-order chi connectivity index (χ1) is 17.3. The number of rotatable bonds is 6. The maximum Gasteiger partial charge on any atom is 0.263 e. The molecule has 6 aromatic rings. The Labute approximate surface area is 201 Å². The van der Waals surface area contributed by atoms with Crippen LogP contribution in [0.5, 0.6) is 5.88 Å². The zero-order valence-corrected chi connectivity index (χ0v) is 18.7. The Kier molecular flexibility index (Phi) is 5.20. The van der Waals surface area contributed by atoms with Crippen LogP contribution >= 0.6 is 0 Å². The predicted octanol–water partition coefficient (Wildman–Crippen LogP) is 5.50. The van der Waals surface area contributed by atoms with Gasteiger partial charge in [-0.25, -0.2) is 9.50 Å². The van der Waals surface area contributed by atoms with Gasteiger partial charge in [-0.2, -0.15) is 0 Å². The van der Waals surface area contributed by atoms with Crippen molar-refractivity contribution in [3.63, 3.8) is 0 Å². The van der Waals surface area contributed by atoms with Gasteiger partial charge in [0.05, 0.1) is 16.6 Å². The van der Waals surface area contributed by atoms with E-state index in [0.29, 0.717) is 23.4 Å². The van der Waals surface area contributed by atoms with Crippen molar-refractivity contribution in [2.75, 3.05) is 5.32 Å². The lowest BCUT2D eigenvalue weighted by molar-refractivity contribution is 0.102. The molecule has 3 heterocycles. The van der Waals surface area contributed by atoms with E-state index in [1.807, 2.05) is 102 Å². The third-order valence-electron chi connectivity index (χ3n) is 5.79. The summed E-state index contributed by atoms with van der Waals surface area (Å²) in [7, 11) is 0. The van der Waals surface area contributed by atoms with E-state index in [1.54, 1.807) is 17.0 Å². The Hall–Kier alpha value is -4.91. The van der Waals surface area contributed by atoms with Crippen molar-refractivity contribution in [3.05, 3.63) is 121 Å². The molecule has 0 aliphatic heterocycles. The quantitative estimate of drug-likeness (QED) is 0.357. The molecule has 0 aliphatic rings. The second-order valence-electron chi connectivity index (χ2n) is 8.09. The van der Waals surface area contributed by atoms with E-state index in [1.165, 1.54) is 0 Å². The zero-order chi connectivity index (χ0) is 23.6. The maximum atomic E-state index is 13.4. The van der Waals surface area contributed by atoms with Gasteiger partial charge in [0.1, 0.15) is 18.5 Å². The van der Waals surface area contributed by atoms with Crippen LogP contribution in [0.3, 0.4) is 0 Å².